The van der Waals surface area contributed by atoms with Crippen molar-refractivity contribution in [2.75, 3.05) is 13.7 Å². The monoisotopic (exact) mass is 295 g/mol. The lowest BCUT2D eigenvalue weighted by Gasteiger charge is -2.11. The molecule has 1 rings (SSSR count). The molecule has 4 nitrogen and oxygen atoms in total. The van der Waals surface area contributed by atoms with Gasteiger partial charge in [-0.25, -0.2) is 8.78 Å². The number of ether oxygens (including phenoxy) is 2. The summed E-state index contributed by atoms with van der Waals surface area (Å²) in [4.78, 5) is 11.1. The Morgan fingerprint density at radius 1 is 1.42 bits per heavy atom. The molecule has 7 heteroatoms. The molecular formula is C12H16ClF2NO3. The molecule has 0 saturated heterocycles. The zero-order chi connectivity index (χ0) is 13.5. The van der Waals surface area contributed by atoms with Gasteiger partial charge < -0.3 is 15.2 Å². The van der Waals surface area contributed by atoms with Crippen molar-refractivity contribution in [2.24, 2.45) is 5.73 Å². The highest BCUT2D eigenvalue weighted by Gasteiger charge is 2.10. The van der Waals surface area contributed by atoms with Gasteiger partial charge in [-0.1, -0.05) is 12.1 Å². The van der Waals surface area contributed by atoms with Crippen molar-refractivity contribution in [2.45, 2.75) is 19.4 Å². The highest BCUT2D eigenvalue weighted by atomic mass is 35.5. The first-order chi connectivity index (χ1) is 8.56. The van der Waals surface area contributed by atoms with Crippen LogP contribution in [0.1, 0.15) is 11.1 Å². The van der Waals surface area contributed by atoms with Gasteiger partial charge in [0.05, 0.1) is 13.5 Å². The summed E-state index contributed by atoms with van der Waals surface area (Å²) in [6.45, 7) is -0.531. The third-order valence-corrected chi connectivity index (χ3v) is 2.29. The largest absolute Gasteiger partial charge is 0.487 e. The van der Waals surface area contributed by atoms with E-state index in [9.17, 15) is 13.6 Å². The van der Waals surface area contributed by atoms with Crippen molar-refractivity contribution in [1.82, 2.24) is 0 Å². The number of hydrogen-bond acceptors (Lipinski definition) is 4. The lowest BCUT2D eigenvalue weighted by atomic mass is 10.1. The smallest absolute Gasteiger partial charge is 0.309 e. The fourth-order valence-electron chi connectivity index (χ4n) is 1.43. The fraction of sp³-hybridized carbons (Fsp3) is 0.417. The fourth-order valence-corrected chi connectivity index (χ4v) is 1.43. The van der Waals surface area contributed by atoms with E-state index in [1.807, 2.05) is 0 Å². The van der Waals surface area contributed by atoms with Crippen LogP contribution in [0.4, 0.5) is 8.78 Å². The molecular weight excluding hydrogens is 280 g/mol. The zero-order valence-electron chi connectivity index (χ0n) is 10.4. The summed E-state index contributed by atoms with van der Waals surface area (Å²) in [6, 6.07) is 4.80. The third kappa shape index (κ3) is 5.85. The first kappa shape index (κ1) is 17.6. The van der Waals surface area contributed by atoms with Crippen LogP contribution in [0.5, 0.6) is 5.75 Å². The van der Waals surface area contributed by atoms with E-state index in [-0.39, 0.29) is 31.3 Å². The summed E-state index contributed by atoms with van der Waals surface area (Å²) in [5.41, 5.74) is 6.79. The number of esters is 1. The van der Waals surface area contributed by atoms with E-state index in [1.165, 1.54) is 13.2 Å². The molecule has 108 valence electrons. The second-order valence-electron chi connectivity index (χ2n) is 3.60. The van der Waals surface area contributed by atoms with Crippen LogP contribution >= 0.6 is 12.4 Å². The van der Waals surface area contributed by atoms with Gasteiger partial charge in [-0.3, -0.25) is 4.79 Å². The minimum Gasteiger partial charge on any atom is -0.487 e. The number of carbonyl (C=O) groups is 1. The minimum absolute atomic E-state index is 0. The van der Waals surface area contributed by atoms with E-state index in [0.29, 0.717) is 16.9 Å². The first-order valence-corrected chi connectivity index (χ1v) is 5.36. The van der Waals surface area contributed by atoms with E-state index in [1.54, 1.807) is 12.1 Å². The molecule has 0 saturated carbocycles. The van der Waals surface area contributed by atoms with Gasteiger partial charge >= 0.3 is 5.97 Å². The number of methoxy groups -OCH3 is 1. The van der Waals surface area contributed by atoms with Crippen LogP contribution in [-0.2, 0) is 22.5 Å². The van der Waals surface area contributed by atoms with Gasteiger partial charge in [0, 0.05) is 12.1 Å². The predicted molar refractivity (Wildman–Crippen MR) is 68.8 cm³/mol. The van der Waals surface area contributed by atoms with E-state index >= 15 is 0 Å². The summed E-state index contributed by atoms with van der Waals surface area (Å²) in [5, 5.41) is 0. The van der Waals surface area contributed by atoms with Gasteiger partial charge in [0.15, 0.2) is 0 Å². The highest BCUT2D eigenvalue weighted by Crippen LogP contribution is 2.21. The Morgan fingerprint density at radius 2 is 2.11 bits per heavy atom. The molecule has 1 aromatic carbocycles. The number of hydrogen-bond donors (Lipinski definition) is 1. The topological polar surface area (TPSA) is 61.5 Å². The Bertz CT molecular complexity index is 416. The average molecular weight is 296 g/mol. The molecule has 0 aromatic heterocycles. The van der Waals surface area contributed by atoms with Crippen molar-refractivity contribution in [1.29, 1.82) is 0 Å². The Kier molecular flexibility index (Phi) is 8.02. The molecule has 0 aliphatic rings. The SMILES string of the molecule is COC(=O)Cc1ccc(OCC(F)F)c(CN)c1.Cl. The molecule has 0 heterocycles. The van der Waals surface area contributed by atoms with Crippen LogP contribution < -0.4 is 10.5 Å². The minimum atomic E-state index is -2.54. The molecule has 0 aliphatic carbocycles. The van der Waals surface area contributed by atoms with Crippen LogP contribution in [0.25, 0.3) is 0 Å². The van der Waals surface area contributed by atoms with Crippen molar-refractivity contribution in [3.63, 3.8) is 0 Å². The second kappa shape index (κ2) is 8.66. The number of halogens is 3. The van der Waals surface area contributed by atoms with Crippen molar-refractivity contribution >= 4 is 18.4 Å². The quantitative estimate of drug-likeness (QED) is 0.815. The lowest BCUT2D eigenvalue weighted by Crippen LogP contribution is -2.11. The number of nitrogens with two attached hydrogens (primary N) is 1. The first-order valence-electron chi connectivity index (χ1n) is 5.36. The Balaban J connectivity index is 0.00000324. The third-order valence-electron chi connectivity index (χ3n) is 2.29. The Labute approximate surface area is 116 Å². The zero-order valence-corrected chi connectivity index (χ0v) is 11.2. The second-order valence-corrected chi connectivity index (χ2v) is 3.60. The van der Waals surface area contributed by atoms with E-state index in [4.69, 9.17) is 10.5 Å². The average Bonchev–Trinajstić information content (AvgIpc) is 2.36. The molecule has 0 aliphatic heterocycles. The molecule has 0 bridgehead atoms. The van der Waals surface area contributed by atoms with Gasteiger partial charge in [-0.2, -0.15) is 0 Å². The van der Waals surface area contributed by atoms with Gasteiger partial charge in [0.1, 0.15) is 12.4 Å². The van der Waals surface area contributed by atoms with Gasteiger partial charge in [0.25, 0.3) is 6.43 Å². The summed E-state index contributed by atoms with van der Waals surface area (Å²) in [5.74, 6) is -0.0642. The molecule has 0 atom stereocenters. The van der Waals surface area contributed by atoms with Crippen LogP contribution in [0.15, 0.2) is 18.2 Å². The molecule has 0 radical (unpaired) electrons. The summed E-state index contributed by atoms with van der Waals surface area (Å²) in [7, 11) is 1.30. The standard InChI is InChI=1S/C12H15F2NO3.ClH/c1-17-12(16)5-8-2-3-10(9(4-8)6-15)18-7-11(13)14;/h2-4,11H,5-7,15H2,1H3;1H. The van der Waals surface area contributed by atoms with Crippen molar-refractivity contribution in [3.05, 3.63) is 29.3 Å². The van der Waals surface area contributed by atoms with Crippen LogP contribution in [0, 0.1) is 0 Å². The van der Waals surface area contributed by atoms with E-state index in [2.05, 4.69) is 4.74 Å². The van der Waals surface area contributed by atoms with Gasteiger partial charge in [-0.15, -0.1) is 12.4 Å². The molecule has 19 heavy (non-hydrogen) atoms. The lowest BCUT2D eigenvalue weighted by molar-refractivity contribution is -0.139. The number of rotatable bonds is 6. The molecule has 0 unspecified atom stereocenters. The highest BCUT2D eigenvalue weighted by molar-refractivity contribution is 5.85. The van der Waals surface area contributed by atoms with Crippen LogP contribution in [0.2, 0.25) is 0 Å². The van der Waals surface area contributed by atoms with Crippen LogP contribution in [0.3, 0.4) is 0 Å². The summed E-state index contributed by atoms with van der Waals surface area (Å²) >= 11 is 0. The van der Waals surface area contributed by atoms with Gasteiger partial charge in [-0.05, 0) is 11.6 Å². The molecule has 0 spiro atoms. The Morgan fingerprint density at radius 3 is 2.63 bits per heavy atom. The molecule has 2 N–H and O–H groups in total. The maximum atomic E-state index is 12.0. The summed E-state index contributed by atoms with van der Waals surface area (Å²) < 4.78 is 33.5. The van der Waals surface area contributed by atoms with Crippen molar-refractivity contribution < 1.29 is 23.0 Å². The molecule has 0 amide bonds. The van der Waals surface area contributed by atoms with Crippen molar-refractivity contribution in [3.8, 4) is 5.75 Å². The molecule has 1 aromatic rings. The Hall–Kier alpha value is -1.40. The maximum absolute atomic E-state index is 12.0. The number of carbonyl (C=O) groups excluding carboxylic acids is 1. The molecule has 0 fully saturated rings. The predicted octanol–water partition coefficient (Wildman–Crippen LogP) is 1.93. The van der Waals surface area contributed by atoms with E-state index < -0.39 is 13.0 Å². The number of alkyl halides is 2. The number of benzene rings is 1. The summed E-state index contributed by atoms with van der Waals surface area (Å²) in [6.07, 6.45) is -2.43. The van der Waals surface area contributed by atoms with E-state index in [0.717, 1.165) is 0 Å². The maximum Gasteiger partial charge on any atom is 0.309 e. The van der Waals surface area contributed by atoms with Crippen LogP contribution in [-0.4, -0.2) is 26.1 Å². The normalized spacial score (nSPS) is 9.95. The van der Waals surface area contributed by atoms with Gasteiger partial charge in [0.2, 0.25) is 0 Å².